The van der Waals surface area contributed by atoms with Gasteiger partial charge in [0.25, 0.3) is 0 Å². The average molecular weight is 289 g/mol. The number of ether oxygens (including phenoxy) is 2. The summed E-state index contributed by atoms with van der Waals surface area (Å²) in [5, 5.41) is 0. The van der Waals surface area contributed by atoms with Gasteiger partial charge in [0, 0.05) is 0 Å². The van der Waals surface area contributed by atoms with E-state index in [0.29, 0.717) is 17.9 Å². The van der Waals surface area contributed by atoms with Crippen LogP contribution in [-0.2, 0) is 4.74 Å². The number of nitrogens with zero attached hydrogens (tertiary/aromatic N) is 1. The predicted octanol–water partition coefficient (Wildman–Crippen LogP) is 3.40. The average Bonchev–Trinajstić information content (AvgIpc) is 2.45. The van der Waals surface area contributed by atoms with Crippen LogP contribution >= 0.6 is 0 Å². The third kappa shape index (κ3) is 3.09. The first-order valence-electron chi connectivity index (χ1n) is 8.18. The highest BCUT2D eigenvalue weighted by Crippen LogP contribution is 2.36. The molecular weight excluding hydrogens is 262 g/mol. The molecule has 0 aliphatic carbocycles. The van der Waals surface area contributed by atoms with Crippen molar-refractivity contribution < 1.29 is 9.47 Å². The summed E-state index contributed by atoms with van der Waals surface area (Å²) in [6.45, 7) is 8.69. The van der Waals surface area contributed by atoms with Crippen LogP contribution < -0.4 is 4.74 Å². The van der Waals surface area contributed by atoms with Gasteiger partial charge in [0.15, 0.2) is 0 Å². The molecule has 0 unspecified atom stereocenters. The van der Waals surface area contributed by atoms with Crippen LogP contribution in [0.3, 0.4) is 0 Å². The Morgan fingerprint density at radius 1 is 1.19 bits per heavy atom. The molecule has 0 aromatic heterocycles. The highest BCUT2D eigenvalue weighted by Gasteiger charge is 2.30. The Labute approximate surface area is 128 Å². The quantitative estimate of drug-likeness (QED) is 0.848. The van der Waals surface area contributed by atoms with Crippen LogP contribution in [0, 0.1) is 0 Å². The van der Waals surface area contributed by atoms with E-state index in [9.17, 15) is 0 Å². The summed E-state index contributed by atoms with van der Waals surface area (Å²) in [5.41, 5.74) is 2.76. The van der Waals surface area contributed by atoms with Gasteiger partial charge in [0.2, 0.25) is 0 Å². The fraction of sp³-hybridized carbons (Fsp3) is 0.667. The Balaban J connectivity index is 1.69. The number of methoxy groups -OCH3 is 1. The lowest BCUT2D eigenvalue weighted by Gasteiger charge is -2.41. The summed E-state index contributed by atoms with van der Waals surface area (Å²) < 4.78 is 11.0. The fourth-order valence-corrected chi connectivity index (χ4v) is 3.43. The van der Waals surface area contributed by atoms with E-state index in [1.165, 1.54) is 37.1 Å². The Kier molecular flexibility index (Phi) is 4.51. The van der Waals surface area contributed by atoms with Gasteiger partial charge in [0.1, 0.15) is 5.75 Å². The molecule has 116 valence electrons. The van der Waals surface area contributed by atoms with E-state index in [1.807, 2.05) is 0 Å². The zero-order valence-corrected chi connectivity index (χ0v) is 13.5. The fourth-order valence-electron chi connectivity index (χ4n) is 3.43. The second-order valence-electron chi connectivity index (χ2n) is 6.66. The van der Waals surface area contributed by atoms with Crippen LogP contribution in [0.25, 0.3) is 0 Å². The number of benzene rings is 1. The van der Waals surface area contributed by atoms with Crippen LogP contribution in [0.1, 0.15) is 49.7 Å². The van der Waals surface area contributed by atoms with Crippen molar-refractivity contribution >= 4 is 0 Å². The van der Waals surface area contributed by atoms with Crippen molar-refractivity contribution in [2.24, 2.45) is 0 Å². The van der Waals surface area contributed by atoms with E-state index in [-0.39, 0.29) is 0 Å². The predicted molar refractivity (Wildman–Crippen MR) is 85.2 cm³/mol. The first kappa shape index (κ1) is 14.9. The van der Waals surface area contributed by atoms with Crippen molar-refractivity contribution in [3.05, 3.63) is 29.3 Å². The third-order valence-electron chi connectivity index (χ3n) is 5.03. The summed E-state index contributed by atoms with van der Waals surface area (Å²) in [4.78, 5) is 2.59. The number of piperidine rings is 1. The van der Waals surface area contributed by atoms with E-state index < -0.39 is 0 Å². The molecule has 3 heteroatoms. The van der Waals surface area contributed by atoms with Gasteiger partial charge in [-0.05, 0) is 55.0 Å². The molecule has 2 saturated heterocycles. The van der Waals surface area contributed by atoms with Gasteiger partial charge in [-0.25, -0.2) is 0 Å². The topological polar surface area (TPSA) is 21.7 Å². The van der Waals surface area contributed by atoms with E-state index >= 15 is 0 Å². The molecule has 2 aliphatic rings. The first-order chi connectivity index (χ1) is 10.2. The van der Waals surface area contributed by atoms with Crippen LogP contribution in [0.5, 0.6) is 5.75 Å². The zero-order valence-electron chi connectivity index (χ0n) is 13.5. The molecule has 2 heterocycles. The van der Waals surface area contributed by atoms with Crippen LogP contribution in [0.2, 0.25) is 0 Å². The maximum atomic E-state index is 5.66. The second kappa shape index (κ2) is 6.37. The molecule has 0 amide bonds. The number of likely N-dealkylation sites (tertiary alicyclic amines) is 1. The van der Waals surface area contributed by atoms with Gasteiger partial charge in [0.05, 0.1) is 26.4 Å². The van der Waals surface area contributed by atoms with Crippen molar-refractivity contribution in [3.63, 3.8) is 0 Å². The second-order valence-corrected chi connectivity index (χ2v) is 6.66. The van der Waals surface area contributed by atoms with Crippen LogP contribution in [0.4, 0.5) is 0 Å². The molecule has 1 aromatic carbocycles. The van der Waals surface area contributed by atoms with Gasteiger partial charge < -0.3 is 9.47 Å². The lowest BCUT2D eigenvalue weighted by molar-refractivity contribution is -0.0713. The molecule has 0 spiro atoms. The van der Waals surface area contributed by atoms with Crippen LogP contribution in [0.15, 0.2) is 18.2 Å². The van der Waals surface area contributed by atoms with Gasteiger partial charge in [-0.2, -0.15) is 0 Å². The Morgan fingerprint density at radius 2 is 1.90 bits per heavy atom. The third-order valence-corrected chi connectivity index (χ3v) is 5.03. The normalized spacial score (nSPS) is 21.5. The monoisotopic (exact) mass is 289 g/mol. The number of hydrogen-bond acceptors (Lipinski definition) is 3. The van der Waals surface area contributed by atoms with Gasteiger partial charge in [-0.15, -0.1) is 0 Å². The molecule has 0 N–H and O–H groups in total. The van der Waals surface area contributed by atoms with Crippen molar-refractivity contribution in [1.82, 2.24) is 4.90 Å². The highest BCUT2D eigenvalue weighted by atomic mass is 16.5. The minimum absolute atomic E-state index is 0.549. The zero-order chi connectivity index (χ0) is 14.8. The minimum atomic E-state index is 0.549. The summed E-state index contributed by atoms with van der Waals surface area (Å²) >= 11 is 0. The SMILES string of the molecule is COc1cc(C(C)C)ccc1C1CCN(C2COC2)CC1. The molecule has 3 nitrogen and oxygen atoms in total. The summed E-state index contributed by atoms with van der Waals surface area (Å²) in [7, 11) is 1.80. The minimum Gasteiger partial charge on any atom is -0.496 e. The molecule has 0 bridgehead atoms. The standard InChI is InChI=1S/C18H27NO2/c1-13(2)15-4-5-17(18(10-15)20-3)14-6-8-19(9-7-14)16-11-21-12-16/h4-5,10,13-14,16H,6-9,11-12H2,1-3H3. The van der Waals surface area contributed by atoms with E-state index in [2.05, 4.69) is 36.9 Å². The summed E-state index contributed by atoms with van der Waals surface area (Å²) in [6, 6.07) is 7.47. The molecule has 21 heavy (non-hydrogen) atoms. The highest BCUT2D eigenvalue weighted by molar-refractivity contribution is 5.41. The van der Waals surface area contributed by atoms with E-state index in [0.717, 1.165) is 19.0 Å². The summed E-state index contributed by atoms with van der Waals surface area (Å²) in [5.74, 6) is 2.26. The van der Waals surface area contributed by atoms with E-state index in [4.69, 9.17) is 9.47 Å². The molecule has 1 aromatic rings. The maximum absolute atomic E-state index is 5.66. The van der Waals surface area contributed by atoms with Gasteiger partial charge >= 0.3 is 0 Å². The van der Waals surface area contributed by atoms with Crippen molar-refractivity contribution in [3.8, 4) is 5.75 Å². The van der Waals surface area contributed by atoms with Gasteiger partial charge in [-0.1, -0.05) is 26.0 Å². The largest absolute Gasteiger partial charge is 0.496 e. The molecule has 3 rings (SSSR count). The lowest BCUT2D eigenvalue weighted by Crippen LogP contribution is -2.51. The molecule has 2 aliphatic heterocycles. The molecule has 0 saturated carbocycles. The van der Waals surface area contributed by atoms with Gasteiger partial charge in [-0.3, -0.25) is 4.90 Å². The van der Waals surface area contributed by atoms with Crippen molar-refractivity contribution in [1.29, 1.82) is 0 Å². The van der Waals surface area contributed by atoms with E-state index in [1.54, 1.807) is 7.11 Å². The number of rotatable bonds is 4. The Bertz CT molecular complexity index is 474. The Morgan fingerprint density at radius 3 is 2.43 bits per heavy atom. The molecular formula is C18H27NO2. The molecule has 0 radical (unpaired) electrons. The lowest BCUT2D eigenvalue weighted by atomic mass is 9.86. The Hall–Kier alpha value is -1.06. The van der Waals surface area contributed by atoms with Crippen molar-refractivity contribution in [2.75, 3.05) is 33.4 Å². The summed E-state index contributed by atoms with van der Waals surface area (Å²) in [6.07, 6.45) is 2.46. The molecule has 0 atom stereocenters. The first-order valence-corrected chi connectivity index (χ1v) is 8.18. The maximum Gasteiger partial charge on any atom is 0.122 e. The number of hydrogen-bond donors (Lipinski definition) is 0. The van der Waals surface area contributed by atoms with Crippen molar-refractivity contribution in [2.45, 2.75) is 44.6 Å². The molecule has 2 fully saturated rings. The smallest absolute Gasteiger partial charge is 0.122 e. The van der Waals surface area contributed by atoms with Crippen LogP contribution in [-0.4, -0.2) is 44.4 Å².